The van der Waals surface area contributed by atoms with E-state index in [9.17, 15) is 4.79 Å². The van der Waals surface area contributed by atoms with Gasteiger partial charge in [-0.2, -0.15) is 0 Å². The van der Waals surface area contributed by atoms with Crippen LogP contribution in [0.2, 0.25) is 0 Å². The normalized spacial score (nSPS) is 10.7. The maximum atomic E-state index is 12.6. The van der Waals surface area contributed by atoms with Crippen molar-refractivity contribution < 1.29 is 14.3 Å². The fourth-order valence-corrected chi connectivity index (χ4v) is 2.59. The van der Waals surface area contributed by atoms with E-state index in [1.165, 1.54) is 0 Å². The standard InChI is InChI=1S/C20H25NO3.ClH/c1-20(2,19(22)16-8-6-5-7-9-16)21-13-12-15-10-11-17(23-3)18(14-15)24-4;/h5-11,14,21H,12-13H2,1-4H3;1H. The van der Waals surface area contributed by atoms with Gasteiger partial charge < -0.3 is 14.8 Å². The zero-order valence-corrected chi connectivity index (χ0v) is 16.0. The highest BCUT2D eigenvalue weighted by Crippen LogP contribution is 2.27. The molecule has 2 aromatic rings. The summed E-state index contributed by atoms with van der Waals surface area (Å²) in [7, 11) is 3.25. The number of benzene rings is 2. The molecule has 0 bridgehead atoms. The highest BCUT2D eigenvalue weighted by molar-refractivity contribution is 6.02. The lowest BCUT2D eigenvalue weighted by molar-refractivity contribution is 0.0883. The molecule has 2 aromatic carbocycles. The topological polar surface area (TPSA) is 47.6 Å². The summed E-state index contributed by atoms with van der Waals surface area (Å²) in [6.45, 7) is 4.52. The third kappa shape index (κ3) is 5.48. The van der Waals surface area contributed by atoms with E-state index in [0.717, 1.165) is 23.3 Å². The molecule has 25 heavy (non-hydrogen) atoms. The second kappa shape index (κ2) is 9.44. The first-order chi connectivity index (χ1) is 11.5. The van der Waals surface area contributed by atoms with Crippen LogP contribution in [0.5, 0.6) is 11.5 Å². The van der Waals surface area contributed by atoms with Gasteiger partial charge in [0.25, 0.3) is 0 Å². The Balaban J connectivity index is 0.00000312. The quantitative estimate of drug-likeness (QED) is 0.722. The lowest BCUT2D eigenvalue weighted by Crippen LogP contribution is -2.47. The highest BCUT2D eigenvalue weighted by Gasteiger charge is 2.27. The molecule has 0 heterocycles. The molecule has 0 amide bonds. The second-order valence-corrected chi connectivity index (χ2v) is 6.19. The number of Topliss-reactive ketones (excluding diaryl/α,β-unsaturated/α-hetero) is 1. The van der Waals surface area contributed by atoms with Crippen molar-refractivity contribution >= 4 is 18.2 Å². The molecular formula is C20H26ClNO3. The van der Waals surface area contributed by atoms with Crippen LogP contribution in [0.3, 0.4) is 0 Å². The maximum Gasteiger partial charge on any atom is 0.182 e. The Bertz CT molecular complexity index is 687. The number of ketones is 1. The summed E-state index contributed by atoms with van der Waals surface area (Å²) in [5, 5.41) is 3.35. The molecule has 1 N–H and O–H groups in total. The van der Waals surface area contributed by atoms with Crippen LogP contribution in [0.25, 0.3) is 0 Å². The van der Waals surface area contributed by atoms with Crippen LogP contribution in [0.4, 0.5) is 0 Å². The van der Waals surface area contributed by atoms with E-state index in [0.29, 0.717) is 12.3 Å². The fraction of sp³-hybridized carbons (Fsp3) is 0.350. The second-order valence-electron chi connectivity index (χ2n) is 6.19. The SMILES string of the molecule is COc1ccc(CCNC(C)(C)C(=O)c2ccccc2)cc1OC.Cl. The van der Waals surface area contributed by atoms with Crippen LogP contribution in [0.1, 0.15) is 29.8 Å². The monoisotopic (exact) mass is 363 g/mol. The number of halogens is 1. The summed E-state index contributed by atoms with van der Waals surface area (Å²) in [4.78, 5) is 12.6. The maximum absolute atomic E-state index is 12.6. The van der Waals surface area contributed by atoms with Crippen LogP contribution in [-0.4, -0.2) is 32.1 Å². The highest BCUT2D eigenvalue weighted by atomic mass is 35.5. The van der Waals surface area contributed by atoms with Crippen LogP contribution >= 0.6 is 12.4 Å². The molecule has 4 nitrogen and oxygen atoms in total. The van der Waals surface area contributed by atoms with Gasteiger partial charge >= 0.3 is 0 Å². The van der Waals surface area contributed by atoms with Crippen LogP contribution in [0.15, 0.2) is 48.5 Å². The average molecular weight is 364 g/mol. The molecule has 0 aliphatic rings. The van der Waals surface area contributed by atoms with Crippen molar-refractivity contribution in [2.45, 2.75) is 25.8 Å². The zero-order chi connectivity index (χ0) is 17.6. The Hall–Kier alpha value is -2.04. The molecule has 2 rings (SSSR count). The number of nitrogens with one attached hydrogen (secondary N) is 1. The van der Waals surface area contributed by atoms with Crippen molar-refractivity contribution in [1.29, 1.82) is 0 Å². The van der Waals surface area contributed by atoms with Gasteiger partial charge in [0, 0.05) is 12.1 Å². The predicted molar refractivity (Wildman–Crippen MR) is 103 cm³/mol. The first-order valence-corrected chi connectivity index (χ1v) is 8.03. The minimum Gasteiger partial charge on any atom is -0.493 e. The van der Waals surface area contributed by atoms with Gasteiger partial charge in [-0.15, -0.1) is 12.4 Å². The molecule has 0 saturated heterocycles. The van der Waals surface area contributed by atoms with Crippen LogP contribution in [0, 0.1) is 0 Å². The first kappa shape index (κ1) is 21.0. The lowest BCUT2D eigenvalue weighted by Gasteiger charge is -2.25. The molecule has 0 unspecified atom stereocenters. The minimum absolute atomic E-state index is 0. The van der Waals surface area contributed by atoms with Gasteiger partial charge in [-0.3, -0.25) is 4.79 Å². The first-order valence-electron chi connectivity index (χ1n) is 8.03. The molecule has 0 aromatic heterocycles. The minimum atomic E-state index is -0.613. The van der Waals surface area contributed by atoms with Gasteiger partial charge in [0.15, 0.2) is 17.3 Å². The van der Waals surface area contributed by atoms with Crippen molar-refractivity contribution in [3.63, 3.8) is 0 Å². The number of rotatable bonds is 8. The molecule has 0 aliphatic heterocycles. The largest absolute Gasteiger partial charge is 0.493 e. The number of methoxy groups -OCH3 is 2. The van der Waals surface area contributed by atoms with Gasteiger partial charge in [0.1, 0.15) is 0 Å². The zero-order valence-electron chi connectivity index (χ0n) is 15.2. The van der Waals surface area contributed by atoms with Crippen molar-refractivity contribution in [2.24, 2.45) is 0 Å². The van der Waals surface area contributed by atoms with Crippen molar-refractivity contribution in [2.75, 3.05) is 20.8 Å². The smallest absolute Gasteiger partial charge is 0.182 e. The molecule has 5 heteroatoms. The number of ether oxygens (including phenoxy) is 2. The van der Waals surface area contributed by atoms with E-state index in [2.05, 4.69) is 5.32 Å². The van der Waals surface area contributed by atoms with Crippen LogP contribution in [-0.2, 0) is 6.42 Å². The van der Waals surface area contributed by atoms with E-state index in [1.807, 2.05) is 62.4 Å². The number of hydrogen-bond donors (Lipinski definition) is 1. The molecular weight excluding hydrogens is 338 g/mol. The molecule has 0 radical (unpaired) electrons. The molecule has 0 aliphatic carbocycles. The van der Waals surface area contributed by atoms with Gasteiger partial charge in [0.05, 0.1) is 19.8 Å². The van der Waals surface area contributed by atoms with E-state index in [4.69, 9.17) is 9.47 Å². The van der Waals surface area contributed by atoms with Crippen molar-refractivity contribution in [3.8, 4) is 11.5 Å². The third-order valence-electron chi connectivity index (χ3n) is 4.03. The van der Waals surface area contributed by atoms with Gasteiger partial charge in [0.2, 0.25) is 0 Å². The van der Waals surface area contributed by atoms with Gasteiger partial charge in [-0.1, -0.05) is 36.4 Å². The summed E-state index contributed by atoms with van der Waals surface area (Å²) in [6, 6.07) is 15.2. The lowest BCUT2D eigenvalue weighted by atomic mass is 9.93. The summed E-state index contributed by atoms with van der Waals surface area (Å²) < 4.78 is 10.6. The molecule has 136 valence electrons. The fourth-order valence-electron chi connectivity index (χ4n) is 2.59. The Morgan fingerprint density at radius 1 is 1.00 bits per heavy atom. The third-order valence-corrected chi connectivity index (χ3v) is 4.03. The molecule has 0 spiro atoms. The number of carbonyl (C=O) groups excluding carboxylic acids is 1. The predicted octanol–water partition coefficient (Wildman–Crippen LogP) is 3.92. The Morgan fingerprint density at radius 2 is 1.64 bits per heavy atom. The van der Waals surface area contributed by atoms with Gasteiger partial charge in [-0.05, 0) is 38.0 Å². The Labute approximate surface area is 155 Å². The van der Waals surface area contributed by atoms with E-state index in [-0.39, 0.29) is 18.2 Å². The van der Waals surface area contributed by atoms with Gasteiger partial charge in [-0.25, -0.2) is 0 Å². The molecule has 0 atom stereocenters. The van der Waals surface area contributed by atoms with Crippen molar-refractivity contribution in [3.05, 3.63) is 59.7 Å². The molecule has 0 saturated carbocycles. The summed E-state index contributed by atoms with van der Waals surface area (Å²) in [5.41, 5.74) is 1.24. The summed E-state index contributed by atoms with van der Waals surface area (Å²) in [6.07, 6.45) is 0.797. The van der Waals surface area contributed by atoms with E-state index < -0.39 is 5.54 Å². The van der Waals surface area contributed by atoms with Crippen LogP contribution < -0.4 is 14.8 Å². The number of carbonyl (C=O) groups is 1. The summed E-state index contributed by atoms with van der Waals surface area (Å²) in [5.74, 6) is 1.53. The van der Waals surface area contributed by atoms with E-state index >= 15 is 0 Å². The Morgan fingerprint density at radius 3 is 2.24 bits per heavy atom. The van der Waals surface area contributed by atoms with Crippen molar-refractivity contribution in [1.82, 2.24) is 5.32 Å². The molecule has 0 fully saturated rings. The Kier molecular flexibility index (Phi) is 7.94. The average Bonchev–Trinajstić information content (AvgIpc) is 2.61. The summed E-state index contributed by atoms with van der Waals surface area (Å²) >= 11 is 0. The van der Waals surface area contributed by atoms with E-state index in [1.54, 1.807) is 14.2 Å². The number of hydrogen-bond acceptors (Lipinski definition) is 4.